The topological polar surface area (TPSA) is 155 Å². The van der Waals surface area contributed by atoms with Crippen molar-refractivity contribution in [3.63, 3.8) is 0 Å². The molecule has 3 aromatic rings. The Morgan fingerprint density at radius 3 is 2.17 bits per heavy atom. The molecule has 13 heteroatoms. The van der Waals surface area contributed by atoms with Crippen molar-refractivity contribution in [1.82, 2.24) is 4.57 Å². The Morgan fingerprint density at radius 2 is 1.66 bits per heavy atom. The number of hydrogen-bond acceptors (Lipinski definition) is 8. The zero-order valence-electron chi connectivity index (χ0n) is 14.9. The normalized spacial score (nSPS) is 12.3. The SMILES string of the molecule is Cn1c(=NC(=O)c2cc([N+](=O)[O-])cc([N+](=O)[O-])c2)sc2cc(S(C)(=O)=O)ccc21. The fourth-order valence-corrected chi connectivity index (χ4v) is 4.31. The third-order valence-electron chi connectivity index (χ3n) is 3.98. The van der Waals surface area contributed by atoms with Crippen LogP contribution in [0.25, 0.3) is 10.2 Å². The zero-order valence-corrected chi connectivity index (χ0v) is 16.6. The molecule has 0 aliphatic carbocycles. The van der Waals surface area contributed by atoms with Crippen LogP contribution in [0.1, 0.15) is 10.4 Å². The van der Waals surface area contributed by atoms with E-state index in [0.717, 1.165) is 35.8 Å². The molecule has 0 aliphatic rings. The summed E-state index contributed by atoms with van der Waals surface area (Å²) in [5.74, 6) is -0.901. The number of sulfone groups is 1. The van der Waals surface area contributed by atoms with Gasteiger partial charge in [0.1, 0.15) is 0 Å². The van der Waals surface area contributed by atoms with E-state index in [-0.39, 0.29) is 15.3 Å². The standard InChI is InChI=1S/C16H12N4O7S2/c1-18-13-4-3-12(29(2,26)27)8-14(13)28-16(18)17-15(21)9-5-10(19(22)23)7-11(6-9)20(24)25/h3-8H,1-2H3. The summed E-state index contributed by atoms with van der Waals surface area (Å²) in [5, 5.41) is 22.0. The van der Waals surface area contributed by atoms with Gasteiger partial charge >= 0.3 is 0 Å². The van der Waals surface area contributed by atoms with Gasteiger partial charge in [0.2, 0.25) is 0 Å². The molecule has 11 nitrogen and oxygen atoms in total. The molecule has 0 saturated heterocycles. The number of nitrogens with zero attached hydrogens (tertiary/aromatic N) is 4. The maximum absolute atomic E-state index is 12.5. The molecule has 0 atom stereocenters. The predicted molar refractivity (Wildman–Crippen MR) is 104 cm³/mol. The van der Waals surface area contributed by atoms with Crippen molar-refractivity contribution in [2.75, 3.05) is 6.26 Å². The Hall–Kier alpha value is -3.45. The highest BCUT2D eigenvalue weighted by atomic mass is 32.2. The van der Waals surface area contributed by atoms with Gasteiger partial charge in [-0.2, -0.15) is 4.99 Å². The second kappa shape index (κ2) is 7.18. The monoisotopic (exact) mass is 436 g/mol. The van der Waals surface area contributed by atoms with Gasteiger partial charge in [0.15, 0.2) is 14.6 Å². The number of benzene rings is 2. The molecule has 1 amide bonds. The molecule has 0 radical (unpaired) electrons. The van der Waals surface area contributed by atoms with Crippen LogP contribution in [0.15, 0.2) is 46.3 Å². The van der Waals surface area contributed by atoms with E-state index in [4.69, 9.17) is 0 Å². The maximum Gasteiger partial charge on any atom is 0.280 e. The highest BCUT2D eigenvalue weighted by Gasteiger charge is 2.20. The Morgan fingerprint density at radius 1 is 1.07 bits per heavy atom. The first-order valence-corrected chi connectivity index (χ1v) is 10.5. The molecule has 0 fully saturated rings. The van der Waals surface area contributed by atoms with Gasteiger partial charge in [-0.15, -0.1) is 0 Å². The number of thiazole rings is 1. The summed E-state index contributed by atoms with van der Waals surface area (Å²) in [6.45, 7) is 0. The summed E-state index contributed by atoms with van der Waals surface area (Å²) in [6, 6.07) is 7.03. The summed E-state index contributed by atoms with van der Waals surface area (Å²) >= 11 is 1.04. The number of amides is 1. The quantitative estimate of drug-likeness (QED) is 0.448. The van der Waals surface area contributed by atoms with Crippen molar-refractivity contribution in [2.24, 2.45) is 12.0 Å². The lowest BCUT2D eigenvalue weighted by atomic mass is 10.1. The molecule has 0 saturated carbocycles. The number of aromatic nitrogens is 1. The molecular weight excluding hydrogens is 424 g/mol. The van der Waals surface area contributed by atoms with Gasteiger partial charge in [-0.3, -0.25) is 25.0 Å². The molecule has 0 spiro atoms. The van der Waals surface area contributed by atoms with Crippen molar-refractivity contribution < 1.29 is 23.1 Å². The molecule has 1 aromatic heterocycles. The molecule has 1 heterocycles. The fraction of sp³-hybridized carbons (Fsp3) is 0.125. The average molecular weight is 436 g/mol. The number of hydrogen-bond donors (Lipinski definition) is 0. The van der Waals surface area contributed by atoms with E-state index in [9.17, 15) is 33.4 Å². The number of nitro groups is 2. The molecular formula is C16H12N4O7S2. The maximum atomic E-state index is 12.5. The molecule has 0 bridgehead atoms. The first kappa shape index (κ1) is 20.3. The van der Waals surface area contributed by atoms with Crippen LogP contribution in [0.3, 0.4) is 0 Å². The first-order valence-electron chi connectivity index (χ1n) is 7.80. The van der Waals surface area contributed by atoms with E-state index >= 15 is 0 Å². The van der Waals surface area contributed by atoms with Crippen LogP contribution in [0.5, 0.6) is 0 Å². The lowest BCUT2D eigenvalue weighted by Crippen LogP contribution is -2.13. The number of aryl methyl sites for hydroxylation is 1. The van der Waals surface area contributed by atoms with Crippen LogP contribution in [-0.2, 0) is 16.9 Å². The van der Waals surface area contributed by atoms with E-state index < -0.39 is 37.0 Å². The zero-order chi connectivity index (χ0) is 21.5. The molecule has 0 unspecified atom stereocenters. The Balaban J connectivity index is 2.14. The van der Waals surface area contributed by atoms with Crippen LogP contribution in [0.4, 0.5) is 11.4 Å². The summed E-state index contributed by atoms with van der Waals surface area (Å²) in [7, 11) is -1.81. The molecule has 29 heavy (non-hydrogen) atoms. The minimum Gasteiger partial charge on any atom is -0.319 e. The van der Waals surface area contributed by atoms with Crippen LogP contribution >= 0.6 is 11.3 Å². The number of rotatable bonds is 4. The van der Waals surface area contributed by atoms with Crippen LogP contribution < -0.4 is 4.80 Å². The number of carbonyl (C=O) groups is 1. The minimum atomic E-state index is -3.42. The Labute approximate surface area is 166 Å². The molecule has 0 N–H and O–H groups in total. The number of carbonyl (C=O) groups excluding carboxylic acids is 1. The average Bonchev–Trinajstić information content (AvgIpc) is 2.95. The first-order chi connectivity index (χ1) is 13.5. The highest BCUT2D eigenvalue weighted by Crippen LogP contribution is 2.24. The van der Waals surface area contributed by atoms with Crippen molar-refractivity contribution in [1.29, 1.82) is 0 Å². The smallest absolute Gasteiger partial charge is 0.280 e. The van der Waals surface area contributed by atoms with Gasteiger partial charge < -0.3 is 4.57 Å². The number of fused-ring (bicyclic) bond motifs is 1. The van der Waals surface area contributed by atoms with Gasteiger partial charge in [0, 0.05) is 25.4 Å². The summed E-state index contributed by atoms with van der Waals surface area (Å²) in [5.41, 5.74) is -0.883. The van der Waals surface area contributed by atoms with Crippen LogP contribution in [-0.4, -0.2) is 35.0 Å². The lowest BCUT2D eigenvalue weighted by molar-refractivity contribution is -0.394. The van der Waals surface area contributed by atoms with E-state index in [1.807, 2.05) is 0 Å². The van der Waals surface area contributed by atoms with Gasteiger partial charge in [0.25, 0.3) is 17.3 Å². The van der Waals surface area contributed by atoms with Crippen molar-refractivity contribution in [3.8, 4) is 0 Å². The summed E-state index contributed by atoms with van der Waals surface area (Å²) in [4.78, 5) is 37.0. The van der Waals surface area contributed by atoms with E-state index in [1.165, 1.54) is 12.1 Å². The molecule has 2 aromatic carbocycles. The van der Waals surface area contributed by atoms with Crippen molar-refractivity contribution in [2.45, 2.75) is 4.90 Å². The van der Waals surface area contributed by atoms with Crippen LogP contribution in [0, 0.1) is 20.2 Å². The van der Waals surface area contributed by atoms with E-state index in [1.54, 1.807) is 17.7 Å². The van der Waals surface area contributed by atoms with Crippen molar-refractivity contribution >= 4 is 48.7 Å². The molecule has 150 valence electrons. The second-order valence-electron chi connectivity index (χ2n) is 6.01. The summed E-state index contributed by atoms with van der Waals surface area (Å²) < 4.78 is 25.5. The van der Waals surface area contributed by atoms with E-state index in [2.05, 4.69) is 4.99 Å². The van der Waals surface area contributed by atoms with Gasteiger partial charge in [0.05, 0.1) is 36.6 Å². The Bertz CT molecular complexity index is 1340. The van der Waals surface area contributed by atoms with Crippen LogP contribution in [0.2, 0.25) is 0 Å². The van der Waals surface area contributed by atoms with E-state index in [0.29, 0.717) is 10.2 Å². The molecule has 3 rings (SSSR count). The fourth-order valence-electron chi connectivity index (χ4n) is 2.53. The van der Waals surface area contributed by atoms with Gasteiger partial charge in [-0.25, -0.2) is 8.42 Å². The Kier molecular flexibility index (Phi) is 5.02. The summed E-state index contributed by atoms with van der Waals surface area (Å²) in [6.07, 6.45) is 1.08. The number of non-ortho nitro benzene ring substituents is 2. The third-order valence-corrected chi connectivity index (χ3v) is 6.18. The van der Waals surface area contributed by atoms with Gasteiger partial charge in [-0.05, 0) is 18.2 Å². The predicted octanol–water partition coefficient (Wildman–Crippen LogP) is 2.20. The largest absolute Gasteiger partial charge is 0.319 e. The second-order valence-corrected chi connectivity index (χ2v) is 9.04. The highest BCUT2D eigenvalue weighted by molar-refractivity contribution is 7.90. The minimum absolute atomic E-state index is 0.110. The third kappa shape index (κ3) is 4.05. The van der Waals surface area contributed by atoms with Gasteiger partial charge in [-0.1, -0.05) is 11.3 Å². The van der Waals surface area contributed by atoms with Crippen molar-refractivity contribution in [3.05, 3.63) is 67.0 Å². The lowest BCUT2D eigenvalue weighted by Gasteiger charge is -1.99. The number of nitro benzene ring substituents is 2. The molecule has 0 aliphatic heterocycles.